The lowest BCUT2D eigenvalue weighted by Gasteiger charge is -2.25. The van der Waals surface area contributed by atoms with Crippen LogP contribution in [-0.4, -0.2) is 29.5 Å². The topological polar surface area (TPSA) is 58.6 Å². The molecule has 0 fully saturated rings. The van der Waals surface area contributed by atoms with Gasteiger partial charge in [0.05, 0.1) is 16.1 Å². The maximum absolute atomic E-state index is 13.0. The SMILES string of the molecule is O=C(NC(Cc1ccc(Cl)c(Cl)c1)C(O)C(F)(F)F)OCc1ccccc1. The van der Waals surface area contributed by atoms with Crippen molar-refractivity contribution in [1.82, 2.24) is 5.32 Å². The Hall–Kier alpha value is -1.96. The van der Waals surface area contributed by atoms with Crippen molar-refractivity contribution in [1.29, 1.82) is 0 Å². The van der Waals surface area contributed by atoms with Crippen molar-refractivity contribution in [2.24, 2.45) is 0 Å². The van der Waals surface area contributed by atoms with Crippen LogP contribution in [0.4, 0.5) is 18.0 Å². The van der Waals surface area contributed by atoms with Crippen LogP contribution < -0.4 is 5.32 Å². The molecule has 9 heteroatoms. The highest BCUT2D eigenvalue weighted by molar-refractivity contribution is 6.42. The van der Waals surface area contributed by atoms with Crippen molar-refractivity contribution in [2.45, 2.75) is 31.3 Å². The largest absolute Gasteiger partial charge is 0.445 e. The number of hydrogen-bond donors (Lipinski definition) is 2. The monoisotopic (exact) mass is 421 g/mol. The molecule has 0 aliphatic heterocycles. The molecule has 2 N–H and O–H groups in total. The zero-order valence-electron chi connectivity index (χ0n) is 13.8. The van der Waals surface area contributed by atoms with Gasteiger partial charge in [0.1, 0.15) is 6.61 Å². The minimum Gasteiger partial charge on any atom is -0.445 e. The van der Waals surface area contributed by atoms with Gasteiger partial charge in [0.25, 0.3) is 0 Å². The number of alkyl halides is 3. The summed E-state index contributed by atoms with van der Waals surface area (Å²) in [5.74, 6) is 0. The second-order valence-electron chi connectivity index (χ2n) is 5.75. The number of nitrogens with one attached hydrogen (secondary N) is 1. The number of ether oxygens (including phenoxy) is 1. The number of hydrogen-bond acceptors (Lipinski definition) is 3. The van der Waals surface area contributed by atoms with E-state index in [1.807, 2.05) is 0 Å². The van der Waals surface area contributed by atoms with Gasteiger partial charge in [-0.3, -0.25) is 0 Å². The maximum atomic E-state index is 13.0. The number of amides is 1. The summed E-state index contributed by atoms with van der Waals surface area (Å²) in [5.41, 5.74) is 1.03. The van der Waals surface area contributed by atoms with Gasteiger partial charge in [0.2, 0.25) is 0 Å². The lowest BCUT2D eigenvalue weighted by Crippen LogP contribution is -2.51. The van der Waals surface area contributed by atoms with Crippen molar-refractivity contribution in [3.05, 3.63) is 69.7 Å². The van der Waals surface area contributed by atoms with Gasteiger partial charge < -0.3 is 15.2 Å². The van der Waals surface area contributed by atoms with E-state index in [2.05, 4.69) is 5.32 Å². The Morgan fingerprint density at radius 1 is 1.07 bits per heavy atom. The van der Waals surface area contributed by atoms with Crippen LogP contribution in [0.5, 0.6) is 0 Å². The van der Waals surface area contributed by atoms with Crippen LogP contribution in [0.1, 0.15) is 11.1 Å². The number of halogens is 5. The van der Waals surface area contributed by atoms with E-state index >= 15 is 0 Å². The molecule has 0 aliphatic rings. The summed E-state index contributed by atoms with van der Waals surface area (Å²) in [6, 6.07) is 11.2. The predicted molar refractivity (Wildman–Crippen MR) is 95.8 cm³/mol. The third-order valence-corrected chi connectivity index (χ3v) is 4.41. The van der Waals surface area contributed by atoms with E-state index in [-0.39, 0.29) is 23.1 Å². The number of alkyl carbamates (subject to hydrolysis) is 1. The highest BCUT2D eigenvalue weighted by Gasteiger charge is 2.44. The van der Waals surface area contributed by atoms with E-state index in [9.17, 15) is 23.1 Å². The summed E-state index contributed by atoms with van der Waals surface area (Å²) in [7, 11) is 0. The van der Waals surface area contributed by atoms with Crippen LogP contribution in [0, 0.1) is 0 Å². The van der Waals surface area contributed by atoms with Crippen molar-refractivity contribution in [3.8, 4) is 0 Å². The van der Waals surface area contributed by atoms with Crippen molar-refractivity contribution < 1.29 is 27.8 Å². The zero-order chi connectivity index (χ0) is 20.0. The number of carbonyl (C=O) groups is 1. The molecule has 2 aromatic rings. The quantitative estimate of drug-likeness (QED) is 0.706. The van der Waals surface area contributed by atoms with Crippen LogP contribution in [0.15, 0.2) is 48.5 Å². The number of carbonyl (C=O) groups excluding carboxylic acids is 1. The standard InChI is InChI=1S/C18H16Cl2F3NO3/c19-13-7-6-12(8-14(13)20)9-15(16(25)18(21,22)23)24-17(26)27-10-11-4-2-1-3-5-11/h1-8,15-16,25H,9-10H2,(H,24,26). The second-order valence-corrected chi connectivity index (χ2v) is 6.57. The number of benzene rings is 2. The number of aliphatic hydroxyl groups is 1. The summed E-state index contributed by atoms with van der Waals surface area (Å²) in [5, 5.41) is 12.1. The summed E-state index contributed by atoms with van der Waals surface area (Å²) in [6.07, 6.45) is -9.10. The highest BCUT2D eigenvalue weighted by Crippen LogP contribution is 2.27. The molecule has 0 spiro atoms. The third kappa shape index (κ3) is 6.61. The molecule has 2 atom stereocenters. The lowest BCUT2D eigenvalue weighted by molar-refractivity contribution is -0.211. The van der Waals surface area contributed by atoms with E-state index in [0.29, 0.717) is 11.1 Å². The Bertz CT molecular complexity index is 772. The first-order chi connectivity index (χ1) is 12.7. The van der Waals surface area contributed by atoms with Crippen molar-refractivity contribution in [2.75, 3.05) is 0 Å². The number of rotatable bonds is 6. The summed E-state index contributed by atoms with van der Waals surface area (Å²) in [4.78, 5) is 11.9. The normalized spacial score (nSPS) is 13.7. The van der Waals surface area contributed by atoms with Crippen molar-refractivity contribution in [3.63, 3.8) is 0 Å². The lowest BCUT2D eigenvalue weighted by atomic mass is 10.0. The average molecular weight is 422 g/mol. The first kappa shape index (κ1) is 21.3. The van der Waals surface area contributed by atoms with Gasteiger partial charge in [-0.2, -0.15) is 13.2 Å². The Kier molecular flexibility index (Phi) is 7.35. The molecule has 0 radical (unpaired) electrons. The van der Waals surface area contributed by atoms with Crippen molar-refractivity contribution >= 4 is 29.3 Å². The molecule has 2 aromatic carbocycles. The van der Waals surface area contributed by atoms with Crippen LogP contribution >= 0.6 is 23.2 Å². The Labute approximate surface area is 163 Å². The van der Waals surface area contributed by atoms with E-state index in [1.54, 1.807) is 30.3 Å². The highest BCUT2D eigenvalue weighted by atomic mass is 35.5. The molecule has 0 bridgehead atoms. The molecule has 2 rings (SSSR count). The molecule has 0 aromatic heterocycles. The number of aliphatic hydroxyl groups excluding tert-OH is 1. The smallest absolute Gasteiger partial charge is 0.416 e. The first-order valence-electron chi connectivity index (χ1n) is 7.82. The Morgan fingerprint density at radius 3 is 2.33 bits per heavy atom. The fraction of sp³-hybridized carbons (Fsp3) is 0.278. The molecule has 0 aliphatic carbocycles. The summed E-state index contributed by atoms with van der Waals surface area (Å²) < 4.78 is 43.8. The fourth-order valence-corrected chi connectivity index (χ4v) is 2.63. The van der Waals surface area contributed by atoms with E-state index in [4.69, 9.17) is 27.9 Å². The van der Waals surface area contributed by atoms with Gasteiger partial charge in [0, 0.05) is 0 Å². The molecule has 146 valence electrons. The van der Waals surface area contributed by atoms with Gasteiger partial charge >= 0.3 is 12.3 Å². The Morgan fingerprint density at radius 2 is 1.74 bits per heavy atom. The van der Waals surface area contributed by atoms with Gasteiger partial charge in [-0.25, -0.2) is 4.79 Å². The molecule has 0 saturated heterocycles. The first-order valence-corrected chi connectivity index (χ1v) is 8.58. The minimum absolute atomic E-state index is 0.117. The Balaban J connectivity index is 2.07. The van der Waals surface area contributed by atoms with Gasteiger partial charge in [-0.1, -0.05) is 59.6 Å². The zero-order valence-corrected chi connectivity index (χ0v) is 15.4. The van der Waals surface area contributed by atoms with Gasteiger partial charge in [-0.05, 0) is 29.7 Å². The van der Waals surface area contributed by atoms with Crippen LogP contribution in [0.3, 0.4) is 0 Å². The molecule has 0 saturated carbocycles. The average Bonchev–Trinajstić information content (AvgIpc) is 2.62. The second kappa shape index (κ2) is 9.30. The molecular weight excluding hydrogens is 406 g/mol. The summed E-state index contributed by atoms with van der Waals surface area (Å²) in [6.45, 7) is -0.117. The fourth-order valence-electron chi connectivity index (χ4n) is 2.31. The van der Waals surface area contributed by atoms with Crippen LogP contribution in [-0.2, 0) is 17.8 Å². The van der Waals surface area contributed by atoms with Gasteiger partial charge in [0.15, 0.2) is 6.10 Å². The van der Waals surface area contributed by atoms with E-state index in [1.165, 1.54) is 18.2 Å². The van der Waals surface area contributed by atoms with Gasteiger partial charge in [-0.15, -0.1) is 0 Å². The summed E-state index contributed by atoms with van der Waals surface area (Å²) >= 11 is 11.6. The predicted octanol–water partition coefficient (Wildman–Crippen LogP) is 4.75. The van der Waals surface area contributed by atoms with E-state index in [0.717, 1.165) is 0 Å². The maximum Gasteiger partial charge on any atom is 0.416 e. The molecule has 27 heavy (non-hydrogen) atoms. The third-order valence-electron chi connectivity index (χ3n) is 3.67. The molecule has 1 amide bonds. The molecule has 2 unspecified atom stereocenters. The molecular formula is C18H16Cl2F3NO3. The van der Waals surface area contributed by atoms with Crippen LogP contribution in [0.2, 0.25) is 10.0 Å². The van der Waals surface area contributed by atoms with E-state index < -0.39 is 24.4 Å². The van der Waals surface area contributed by atoms with Crippen LogP contribution in [0.25, 0.3) is 0 Å². The molecule has 4 nitrogen and oxygen atoms in total. The molecule has 0 heterocycles. The minimum atomic E-state index is -4.92.